The molecule has 20 rings (SSSR count). The van der Waals surface area contributed by atoms with Crippen LogP contribution in [0.15, 0.2) is 323 Å². The quantitative estimate of drug-likeness (QED) is 0.0250. The van der Waals surface area contributed by atoms with Crippen molar-refractivity contribution in [3.63, 3.8) is 0 Å². The molecule has 11 aromatic carbocycles. The van der Waals surface area contributed by atoms with Crippen molar-refractivity contribution < 1.29 is 30.3 Å². The van der Waals surface area contributed by atoms with Gasteiger partial charge in [-0.15, -0.1) is 5.11 Å². The number of anilines is 2. The molecular formula is C110H108N14O6. The van der Waals surface area contributed by atoms with Gasteiger partial charge < -0.3 is 66.1 Å². The maximum absolute atomic E-state index is 12.0. The predicted molar refractivity (Wildman–Crippen MR) is 534 cm³/mol. The van der Waals surface area contributed by atoms with Crippen LogP contribution in [0.25, 0.3) is 77.4 Å². The van der Waals surface area contributed by atoms with E-state index in [1.807, 2.05) is 212 Å². The Hall–Kier alpha value is -15.8. The molecule has 130 heavy (non-hydrogen) atoms. The fraction of sp³-hybridized carbons (Fsp3) is 0.173. The predicted octanol–water partition coefficient (Wildman–Crippen LogP) is 28.4. The van der Waals surface area contributed by atoms with Gasteiger partial charge in [-0.1, -0.05) is 265 Å². The molecule has 0 radical (unpaired) electrons. The van der Waals surface area contributed by atoms with Gasteiger partial charge in [0, 0.05) is 95.8 Å². The third kappa shape index (κ3) is 20.6. The van der Waals surface area contributed by atoms with Crippen molar-refractivity contribution in [3.8, 4) is 40.7 Å². The van der Waals surface area contributed by atoms with E-state index in [-0.39, 0.29) is 35.3 Å². The maximum Gasteiger partial charge on any atom is 0.256 e. The van der Waals surface area contributed by atoms with Gasteiger partial charge in [0.05, 0.1) is 68.4 Å². The third-order valence-electron chi connectivity index (χ3n) is 23.0. The van der Waals surface area contributed by atoms with Crippen LogP contribution < -0.4 is 10.6 Å². The molecule has 20 nitrogen and oxygen atoms in total. The zero-order valence-electron chi connectivity index (χ0n) is 74.9. The van der Waals surface area contributed by atoms with Crippen molar-refractivity contribution in [2.75, 3.05) is 10.6 Å². The van der Waals surface area contributed by atoms with E-state index in [1.165, 1.54) is 33.4 Å². The summed E-state index contributed by atoms with van der Waals surface area (Å²) in [5.41, 5.74) is 26.2. The van der Waals surface area contributed by atoms with Crippen LogP contribution in [0.3, 0.4) is 0 Å². The van der Waals surface area contributed by atoms with Gasteiger partial charge in [0.2, 0.25) is 11.8 Å². The number of amides is 1. The maximum atomic E-state index is 12.0. The lowest BCUT2D eigenvalue weighted by atomic mass is 9.98. The summed E-state index contributed by atoms with van der Waals surface area (Å²) < 4.78 is 0. The lowest BCUT2D eigenvalue weighted by Crippen LogP contribution is -2.18. The number of H-pyrrole nitrogens is 6. The molecule has 18 aromatic rings. The number of amidine groups is 1. The van der Waals surface area contributed by atoms with Crippen LogP contribution in [0.4, 0.5) is 34.1 Å². The molecule has 7 aromatic heterocycles. The van der Waals surface area contributed by atoms with Crippen LogP contribution in [0.5, 0.6) is 29.4 Å². The minimum atomic E-state index is -0.0366. The van der Waals surface area contributed by atoms with E-state index in [0.717, 1.165) is 139 Å². The monoisotopic (exact) mass is 1720 g/mol. The average Bonchev–Trinajstić information content (AvgIpc) is 1.61. The van der Waals surface area contributed by atoms with Crippen LogP contribution in [0.2, 0.25) is 0 Å². The molecule has 0 saturated carbocycles. The first-order valence-corrected chi connectivity index (χ1v) is 44.0. The molecule has 0 saturated heterocycles. The number of azo groups is 1. The smallest absolute Gasteiger partial charge is 0.256 e. The molecule has 0 atom stereocenters. The second-order valence-electron chi connectivity index (χ2n) is 34.1. The van der Waals surface area contributed by atoms with Crippen molar-refractivity contribution in [1.82, 2.24) is 34.9 Å². The molecule has 1 amide bonds. The van der Waals surface area contributed by atoms with Gasteiger partial charge in [0.25, 0.3) is 5.91 Å². The highest BCUT2D eigenvalue weighted by Gasteiger charge is 2.27. The van der Waals surface area contributed by atoms with Crippen molar-refractivity contribution >= 4 is 124 Å². The Labute approximate surface area is 756 Å². The van der Waals surface area contributed by atoms with Crippen LogP contribution in [-0.2, 0) is 11.3 Å². The summed E-state index contributed by atoms with van der Waals surface area (Å²) in [4.78, 5) is 48.6. The number of benzene rings is 11. The lowest BCUT2D eigenvalue weighted by Gasteiger charge is -2.18. The Morgan fingerprint density at radius 3 is 1.42 bits per heavy atom. The number of nitrogens with zero attached hydrogens (tertiary/aromatic N) is 6. The first-order chi connectivity index (χ1) is 62.9. The largest absolute Gasteiger partial charge is 0.494 e. The standard InChI is InChI=1S/C24H22N2O.C19H19N3O.C18H18N2O.C17H17N3O.2C16H16N2O/c1-16(2)18-13-14-20-21(15-18)26-24(27)22(20)23(17-9-5-3-6-10-17)25-19-11-7-4-8-12-19;1-11(2)12-7-8-14-16(9-12)22-19(23)17(14)18-20-10-13-5-3-4-6-15(13)21-18;1-12(2)13-8-9-15-16(18(21)20-17(15)10-13)11-19-14-6-4-3-5-7-14;1-11(2)12-8-9-14-15(10-12)18-17(21)16(14)20-19-13-6-4-3-5-7-13;1-10(2)11-5-6-13-14(9-12-4-3-7-17-12)16(19)18-15(13)8-11;1-10(2)11-6-7-12-14(9-11)18-16(19)15(12)13-5-3-4-8-17-13/h3-16,26-27H,1-2H3;3-9,11,22-23H,10H2,1-2H3,(H,20,21);3-12,20-21H,1-2H3;3-11,18,21H,1-2H3;3-10,17H,1-2H3,(H,18,19);3-10,18-19H,1-2H3/b;;;;14-9-;. The summed E-state index contributed by atoms with van der Waals surface area (Å²) in [5, 5.41) is 70.8. The van der Waals surface area contributed by atoms with E-state index < -0.39 is 0 Å². The minimum absolute atomic E-state index is 0.0366. The number of hydrogen-bond acceptors (Lipinski definition) is 13. The van der Waals surface area contributed by atoms with Gasteiger partial charge in [0.1, 0.15) is 5.84 Å². The highest BCUT2D eigenvalue weighted by atomic mass is 16.3. The van der Waals surface area contributed by atoms with Crippen LogP contribution in [0, 0.1) is 0 Å². The van der Waals surface area contributed by atoms with Gasteiger partial charge in [-0.25, -0.2) is 4.99 Å². The van der Waals surface area contributed by atoms with E-state index in [0.29, 0.717) is 59.1 Å². The van der Waals surface area contributed by atoms with Crippen molar-refractivity contribution in [2.24, 2.45) is 25.2 Å². The zero-order chi connectivity index (χ0) is 91.2. The normalized spacial score (nSPS) is 12.7. The molecule has 0 spiro atoms. The summed E-state index contributed by atoms with van der Waals surface area (Å²) in [6.07, 6.45) is 7.17. The van der Waals surface area contributed by atoms with Gasteiger partial charge in [0.15, 0.2) is 23.3 Å². The third-order valence-corrected chi connectivity index (χ3v) is 23.0. The van der Waals surface area contributed by atoms with E-state index in [4.69, 9.17) is 4.99 Å². The summed E-state index contributed by atoms with van der Waals surface area (Å²) >= 11 is 0. The van der Waals surface area contributed by atoms with E-state index >= 15 is 0 Å². The molecule has 2 aliphatic rings. The van der Waals surface area contributed by atoms with E-state index in [1.54, 1.807) is 12.4 Å². The number of pyridine rings is 1. The van der Waals surface area contributed by atoms with Crippen molar-refractivity contribution in [1.29, 1.82) is 0 Å². The lowest BCUT2D eigenvalue weighted by molar-refractivity contribution is -0.110. The number of aliphatic imine (C=N–C) groups is 3. The Balaban J connectivity index is 0.000000120. The summed E-state index contributed by atoms with van der Waals surface area (Å²) in [7, 11) is 0. The van der Waals surface area contributed by atoms with Crippen LogP contribution in [-0.4, -0.2) is 84.1 Å². The number of carbonyl (C=O) groups is 1. The summed E-state index contributed by atoms with van der Waals surface area (Å²) in [6.45, 7) is 26.5. The number of hydrogen-bond donors (Lipinski definition) is 13. The number of aromatic hydroxyl groups is 5. The number of carbonyl (C=O) groups excluding carboxylic acids is 1. The number of rotatable bonds is 16. The van der Waals surface area contributed by atoms with Crippen molar-refractivity contribution in [3.05, 3.63) is 370 Å². The number of nitrogens with one attached hydrogen (secondary N) is 8. The fourth-order valence-corrected chi connectivity index (χ4v) is 15.6. The molecule has 9 heterocycles. The molecular weight excluding hydrogens is 1610 g/mol. The van der Waals surface area contributed by atoms with Gasteiger partial charge in [-0.05, 0) is 184 Å². The SMILES string of the molecule is CC(C)c1ccc2c(-c3ccccn3)c(O)[nH]c2c1.CC(C)c1ccc2c(C(=Nc3ccccc3)c3ccccc3)c(O)[nH]c2c1.CC(C)c1ccc2c(C3=NCc4ccccc4N3)c(O)[nH]c2c1.CC(C)c1ccc2c(C=Nc3ccccc3)c(O)[nH]c2c1.CC(C)c1ccc2c(N=Nc3ccccc3)c(O)[nH]c2c1.CC(C)c1ccc2c(c1)NC(=O)/C2=C\c1ccc[nH]1. The van der Waals surface area contributed by atoms with Crippen LogP contribution >= 0.6 is 0 Å². The molecule has 0 unspecified atom stereocenters. The number of aromatic amines is 6. The molecule has 654 valence electrons. The highest BCUT2D eigenvalue weighted by Crippen LogP contribution is 2.42. The average molecular weight is 1720 g/mol. The molecule has 13 N–H and O–H groups in total. The molecule has 0 fully saturated rings. The zero-order valence-corrected chi connectivity index (χ0v) is 74.9. The molecule has 20 heteroatoms. The Morgan fingerprint density at radius 1 is 0.392 bits per heavy atom. The highest BCUT2D eigenvalue weighted by molar-refractivity contribution is 6.35. The minimum Gasteiger partial charge on any atom is -0.494 e. The first-order valence-electron chi connectivity index (χ1n) is 44.0. The first kappa shape index (κ1) is 89.0. The summed E-state index contributed by atoms with van der Waals surface area (Å²) in [5.74, 6) is 4.06. The molecule has 0 bridgehead atoms. The topological polar surface area (TPSA) is 312 Å². The second kappa shape index (κ2) is 40.2. The molecule has 0 aliphatic carbocycles. The Bertz CT molecular complexity index is 7010. The Morgan fingerprint density at radius 2 is 0.854 bits per heavy atom. The number of fused-ring (bicyclic) bond motifs is 7. The van der Waals surface area contributed by atoms with Crippen LogP contribution in [0.1, 0.15) is 191 Å². The summed E-state index contributed by atoms with van der Waals surface area (Å²) in [6, 6.07) is 93.9. The molecule has 2 aliphatic heterocycles. The number of para-hydroxylation sites is 3. The van der Waals surface area contributed by atoms with Gasteiger partial charge in [-0.2, -0.15) is 5.11 Å². The van der Waals surface area contributed by atoms with Gasteiger partial charge >= 0.3 is 0 Å². The van der Waals surface area contributed by atoms with E-state index in [9.17, 15) is 30.3 Å². The fourth-order valence-electron chi connectivity index (χ4n) is 15.6. The Kier molecular flexibility index (Phi) is 27.5. The number of aromatic nitrogens is 7. The van der Waals surface area contributed by atoms with Crippen molar-refractivity contribution in [2.45, 2.75) is 125 Å². The second-order valence-corrected chi connectivity index (χ2v) is 34.1. The van der Waals surface area contributed by atoms with Gasteiger partial charge in [-0.3, -0.25) is 19.8 Å². The van der Waals surface area contributed by atoms with E-state index in [2.05, 4.69) is 234 Å².